The number of nitrogen functional groups attached to an aromatic ring is 1. The zero-order valence-corrected chi connectivity index (χ0v) is 15.0. The summed E-state index contributed by atoms with van der Waals surface area (Å²) in [5, 5.41) is 11.5. The lowest BCUT2D eigenvalue weighted by atomic mass is 10.1. The first-order chi connectivity index (χ1) is 11.5. The number of nitrogens with two attached hydrogens (primary N) is 1. The molecule has 24 heavy (non-hydrogen) atoms. The second-order valence-electron chi connectivity index (χ2n) is 5.38. The Bertz CT molecular complexity index is 952. The number of rotatable bonds is 3. The summed E-state index contributed by atoms with van der Waals surface area (Å²) in [6, 6.07) is 15.4. The third-order valence-electron chi connectivity index (χ3n) is 3.65. The van der Waals surface area contributed by atoms with Gasteiger partial charge in [0.15, 0.2) is 0 Å². The standard InChI is InChI=1S/C18H17ClN4S/c1-12(14-4-3-5-16(20)10-14)21-22-18-23(2)17(11-24-18)13-6-8-15(19)9-7-13/h3-11H,20H2,1-2H3/b21-12-,22-18-. The molecule has 0 aliphatic carbocycles. The highest BCUT2D eigenvalue weighted by molar-refractivity contribution is 7.07. The molecule has 2 N–H and O–H groups in total. The van der Waals surface area contributed by atoms with Gasteiger partial charge in [0.05, 0.1) is 11.4 Å². The summed E-state index contributed by atoms with van der Waals surface area (Å²) in [6.07, 6.45) is 0. The summed E-state index contributed by atoms with van der Waals surface area (Å²) in [5.41, 5.74) is 10.5. The summed E-state index contributed by atoms with van der Waals surface area (Å²) in [7, 11) is 1.98. The fraction of sp³-hybridized carbons (Fsp3) is 0.111. The summed E-state index contributed by atoms with van der Waals surface area (Å²) in [5.74, 6) is 0. The van der Waals surface area contributed by atoms with Crippen molar-refractivity contribution in [3.05, 3.63) is 69.3 Å². The SMILES string of the molecule is C/C(=N/N=c1\scc(-c2ccc(Cl)cc2)n1C)c1cccc(N)c1. The Kier molecular flexibility index (Phi) is 4.83. The van der Waals surface area contributed by atoms with E-state index in [0.29, 0.717) is 5.69 Å². The molecule has 0 spiro atoms. The van der Waals surface area contributed by atoms with Gasteiger partial charge in [-0.15, -0.1) is 16.4 Å². The maximum absolute atomic E-state index is 5.95. The van der Waals surface area contributed by atoms with E-state index in [1.165, 1.54) is 0 Å². The van der Waals surface area contributed by atoms with Crippen LogP contribution in [0, 0.1) is 0 Å². The number of anilines is 1. The number of benzene rings is 2. The van der Waals surface area contributed by atoms with E-state index < -0.39 is 0 Å². The highest BCUT2D eigenvalue weighted by Crippen LogP contribution is 2.21. The van der Waals surface area contributed by atoms with Crippen molar-refractivity contribution < 1.29 is 0 Å². The van der Waals surface area contributed by atoms with Crippen molar-refractivity contribution in [2.45, 2.75) is 6.92 Å². The Morgan fingerprint density at radius 2 is 1.92 bits per heavy atom. The molecule has 0 aliphatic heterocycles. The summed E-state index contributed by atoms with van der Waals surface area (Å²) in [6.45, 7) is 1.92. The van der Waals surface area contributed by atoms with Crippen LogP contribution < -0.4 is 10.5 Å². The minimum Gasteiger partial charge on any atom is -0.399 e. The molecule has 0 atom stereocenters. The molecule has 1 heterocycles. The van der Waals surface area contributed by atoms with E-state index in [1.807, 2.05) is 67.1 Å². The molecule has 0 unspecified atom stereocenters. The molecule has 4 nitrogen and oxygen atoms in total. The largest absolute Gasteiger partial charge is 0.399 e. The van der Waals surface area contributed by atoms with Crippen LogP contribution in [-0.4, -0.2) is 10.3 Å². The molecule has 0 bridgehead atoms. The van der Waals surface area contributed by atoms with Gasteiger partial charge in [-0.25, -0.2) is 0 Å². The first kappa shape index (κ1) is 16.5. The van der Waals surface area contributed by atoms with Gasteiger partial charge in [0, 0.05) is 23.1 Å². The molecule has 0 amide bonds. The van der Waals surface area contributed by atoms with Gasteiger partial charge >= 0.3 is 0 Å². The van der Waals surface area contributed by atoms with Crippen LogP contribution in [0.5, 0.6) is 0 Å². The van der Waals surface area contributed by atoms with Crippen LogP contribution in [0.4, 0.5) is 5.69 Å². The topological polar surface area (TPSA) is 55.7 Å². The molecule has 6 heteroatoms. The first-order valence-electron chi connectivity index (χ1n) is 7.39. The van der Waals surface area contributed by atoms with Crippen molar-refractivity contribution in [2.24, 2.45) is 17.3 Å². The van der Waals surface area contributed by atoms with Crippen LogP contribution in [0.3, 0.4) is 0 Å². The smallest absolute Gasteiger partial charge is 0.210 e. The van der Waals surface area contributed by atoms with Crippen LogP contribution in [0.2, 0.25) is 5.02 Å². The zero-order valence-electron chi connectivity index (χ0n) is 13.4. The second-order valence-corrected chi connectivity index (χ2v) is 6.65. The molecule has 122 valence electrons. The number of aromatic nitrogens is 1. The van der Waals surface area contributed by atoms with Crippen LogP contribution in [0.25, 0.3) is 11.3 Å². The molecule has 0 fully saturated rings. The van der Waals surface area contributed by atoms with Crippen molar-refractivity contribution in [3.8, 4) is 11.3 Å². The van der Waals surface area contributed by atoms with E-state index in [1.54, 1.807) is 11.3 Å². The molecule has 3 rings (SSSR count). The fourth-order valence-electron chi connectivity index (χ4n) is 2.28. The quantitative estimate of drug-likeness (QED) is 0.424. The molecule has 3 aromatic rings. The molecule has 0 saturated heterocycles. The predicted molar refractivity (Wildman–Crippen MR) is 102 cm³/mol. The first-order valence-corrected chi connectivity index (χ1v) is 8.65. The Morgan fingerprint density at radius 1 is 1.17 bits per heavy atom. The van der Waals surface area contributed by atoms with Gasteiger partial charge in [-0.3, -0.25) is 0 Å². The van der Waals surface area contributed by atoms with Gasteiger partial charge in [0.2, 0.25) is 4.80 Å². The monoisotopic (exact) mass is 356 g/mol. The summed E-state index contributed by atoms with van der Waals surface area (Å²) >= 11 is 7.50. The Morgan fingerprint density at radius 3 is 2.62 bits per heavy atom. The minimum absolute atomic E-state index is 0.716. The molecule has 0 radical (unpaired) electrons. The highest BCUT2D eigenvalue weighted by Gasteiger charge is 2.04. The van der Waals surface area contributed by atoms with Crippen molar-refractivity contribution in [1.29, 1.82) is 0 Å². The summed E-state index contributed by atoms with van der Waals surface area (Å²) < 4.78 is 2.02. The second kappa shape index (κ2) is 7.03. The maximum Gasteiger partial charge on any atom is 0.210 e. The Balaban J connectivity index is 1.94. The minimum atomic E-state index is 0.716. The maximum atomic E-state index is 5.95. The molecule has 1 aromatic heterocycles. The van der Waals surface area contributed by atoms with E-state index >= 15 is 0 Å². The molecular weight excluding hydrogens is 340 g/mol. The normalized spacial score (nSPS) is 12.6. The van der Waals surface area contributed by atoms with E-state index in [2.05, 4.69) is 15.6 Å². The van der Waals surface area contributed by atoms with E-state index in [0.717, 1.165) is 32.4 Å². The molecule has 0 saturated carbocycles. The fourth-order valence-corrected chi connectivity index (χ4v) is 3.26. The highest BCUT2D eigenvalue weighted by atomic mass is 35.5. The van der Waals surface area contributed by atoms with Gasteiger partial charge in [-0.05, 0) is 42.3 Å². The molecular formula is C18H17ClN4S. The van der Waals surface area contributed by atoms with Crippen LogP contribution in [0.15, 0.2) is 64.1 Å². The van der Waals surface area contributed by atoms with Crippen LogP contribution in [0.1, 0.15) is 12.5 Å². The third-order valence-corrected chi connectivity index (χ3v) is 4.81. The van der Waals surface area contributed by atoms with Crippen molar-refractivity contribution in [3.63, 3.8) is 0 Å². The van der Waals surface area contributed by atoms with Crippen molar-refractivity contribution in [1.82, 2.24) is 4.57 Å². The lowest BCUT2D eigenvalue weighted by Gasteiger charge is -2.02. The van der Waals surface area contributed by atoms with Crippen molar-refractivity contribution >= 4 is 34.3 Å². The van der Waals surface area contributed by atoms with Crippen molar-refractivity contribution in [2.75, 3.05) is 5.73 Å². The molecule has 0 aliphatic rings. The number of thiazole rings is 1. The summed E-state index contributed by atoms with van der Waals surface area (Å²) in [4.78, 5) is 0.822. The Labute approximate surface area is 149 Å². The molecule has 2 aromatic carbocycles. The van der Waals surface area contributed by atoms with Crippen LogP contribution in [-0.2, 0) is 7.05 Å². The number of halogens is 1. The van der Waals surface area contributed by atoms with E-state index in [9.17, 15) is 0 Å². The zero-order chi connectivity index (χ0) is 17.1. The number of hydrogen-bond acceptors (Lipinski definition) is 4. The Hall–Kier alpha value is -2.37. The third kappa shape index (κ3) is 3.58. The number of nitrogens with zero attached hydrogens (tertiary/aromatic N) is 3. The van der Waals surface area contributed by atoms with E-state index in [4.69, 9.17) is 17.3 Å². The van der Waals surface area contributed by atoms with Gasteiger partial charge in [-0.1, -0.05) is 35.9 Å². The van der Waals surface area contributed by atoms with Gasteiger partial charge < -0.3 is 10.3 Å². The average molecular weight is 357 g/mol. The van der Waals surface area contributed by atoms with Gasteiger partial charge in [0.1, 0.15) is 0 Å². The van der Waals surface area contributed by atoms with E-state index in [-0.39, 0.29) is 0 Å². The average Bonchev–Trinajstić information content (AvgIpc) is 2.94. The number of hydrogen-bond donors (Lipinski definition) is 1. The predicted octanol–water partition coefficient (Wildman–Crippen LogP) is 4.31. The van der Waals surface area contributed by atoms with Gasteiger partial charge in [0.25, 0.3) is 0 Å². The lowest BCUT2D eigenvalue weighted by molar-refractivity contribution is 0.863. The van der Waals surface area contributed by atoms with Crippen LogP contribution >= 0.6 is 22.9 Å². The lowest BCUT2D eigenvalue weighted by Crippen LogP contribution is -2.11. The van der Waals surface area contributed by atoms with Gasteiger partial charge in [-0.2, -0.15) is 5.10 Å².